The van der Waals surface area contributed by atoms with Gasteiger partial charge in [0.1, 0.15) is 6.26 Å². The minimum absolute atomic E-state index is 0.807. The largest absolute Gasteiger partial charge is 0.364 e. The molecule has 1 aromatic heterocycles. The molecule has 7 heteroatoms. The predicted molar refractivity (Wildman–Crippen MR) is 94.8 cm³/mol. The zero-order valence-electron chi connectivity index (χ0n) is 13.9. The van der Waals surface area contributed by atoms with E-state index < -0.39 is 0 Å². The van der Waals surface area contributed by atoms with Crippen molar-refractivity contribution in [2.75, 3.05) is 51.3 Å². The molecule has 6 nitrogen and oxygen atoms in total. The summed E-state index contributed by atoms with van der Waals surface area (Å²) in [6, 6.07) is 1.94. The number of rotatable bonds is 4. The van der Waals surface area contributed by atoms with Crippen LogP contribution < -0.4 is 5.32 Å². The highest BCUT2D eigenvalue weighted by molar-refractivity contribution is 7.99. The second-order valence-corrected chi connectivity index (χ2v) is 7.46. The highest BCUT2D eigenvalue weighted by atomic mass is 32.2. The van der Waals surface area contributed by atoms with Gasteiger partial charge in [0.15, 0.2) is 5.96 Å². The highest BCUT2D eigenvalue weighted by Crippen LogP contribution is 2.21. The normalized spacial score (nSPS) is 21.6. The number of guanidine groups is 1. The van der Waals surface area contributed by atoms with Crippen LogP contribution in [0.15, 0.2) is 21.8 Å². The molecule has 3 rings (SSSR count). The van der Waals surface area contributed by atoms with Crippen LogP contribution >= 0.6 is 11.8 Å². The van der Waals surface area contributed by atoms with E-state index in [2.05, 4.69) is 37.0 Å². The Labute approximate surface area is 142 Å². The Morgan fingerprint density at radius 2 is 2.13 bits per heavy atom. The summed E-state index contributed by atoms with van der Waals surface area (Å²) in [6.07, 6.45) is 4.31. The summed E-state index contributed by atoms with van der Waals surface area (Å²) in [5.74, 6) is 4.49. The molecule has 0 spiro atoms. The first kappa shape index (κ1) is 16.6. The molecule has 0 amide bonds. The minimum atomic E-state index is 0.807. The minimum Gasteiger partial charge on any atom is -0.364 e. The molecule has 2 fully saturated rings. The molecule has 2 aliphatic rings. The van der Waals surface area contributed by atoms with Crippen molar-refractivity contribution < 1.29 is 4.52 Å². The molecule has 3 heterocycles. The molecule has 2 saturated heterocycles. The summed E-state index contributed by atoms with van der Waals surface area (Å²) in [7, 11) is 1.89. The number of hydrogen-bond donors (Lipinski definition) is 1. The van der Waals surface area contributed by atoms with Gasteiger partial charge in [-0.2, -0.15) is 11.8 Å². The van der Waals surface area contributed by atoms with Crippen molar-refractivity contribution >= 4 is 17.7 Å². The molecule has 0 aromatic carbocycles. The van der Waals surface area contributed by atoms with Crippen LogP contribution in [0.2, 0.25) is 0 Å². The highest BCUT2D eigenvalue weighted by Gasteiger charge is 2.21. The van der Waals surface area contributed by atoms with Crippen molar-refractivity contribution in [2.24, 2.45) is 10.9 Å². The fourth-order valence-corrected chi connectivity index (χ4v) is 4.39. The predicted octanol–water partition coefficient (Wildman–Crippen LogP) is 1.51. The molecule has 0 bridgehead atoms. The van der Waals surface area contributed by atoms with E-state index >= 15 is 0 Å². The van der Waals surface area contributed by atoms with Gasteiger partial charge in [-0.05, 0) is 30.3 Å². The van der Waals surface area contributed by atoms with E-state index in [4.69, 9.17) is 4.52 Å². The molecule has 128 valence electrons. The van der Waals surface area contributed by atoms with Crippen molar-refractivity contribution in [3.05, 3.63) is 18.0 Å². The van der Waals surface area contributed by atoms with Crippen LogP contribution in [-0.2, 0) is 6.54 Å². The topological polar surface area (TPSA) is 56.9 Å². The third-order valence-electron chi connectivity index (χ3n) is 4.65. The molecule has 23 heavy (non-hydrogen) atoms. The van der Waals surface area contributed by atoms with Gasteiger partial charge in [0, 0.05) is 52.4 Å². The van der Waals surface area contributed by atoms with Crippen LogP contribution in [-0.4, -0.2) is 72.2 Å². The second-order valence-electron chi connectivity index (χ2n) is 6.24. The van der Waals surface area contributed by atoms with Crippen LogP contribution in [0.4, 0.5) is 0 Å². The Morgan fingerprint density at radius 1 is 1.35 bits per heavy atom. The van der Waals surface area contributed by atoms with Gasteiger partial charge < -0.3 is 14.7 Å². The molecule has 0 saturated carbocycles. The van der Waals surface area contributed by atoms with E-state index in [9.17, 15) is 0 Å². The maximum Gasteiger partial charge on any atom is 0.193 e. The molecule has 1 aromatic rings. The maximum absolute atomic E-state index is 4.90. The van der Waals surface area contributed by atoms with E-state index in [1.165, 1.54) is 24.3 Å². The Hall–Kier alpha value is -1.21. The Kier molecular flexibility index (Phi) is 6.21. The lowest BCUT2D eigenvalue weighted by Gasteiger charge is -2.36. The lowest BCUT2D eigenvalue weighted by atomic mass is 10.0. The summed E-state index contributed by atoms with van der Waals surface area (Å²) in [5, 5.41) is 7.58. The molecular formula is C16H27N5OS. The van der Waals surface area contributed by atoms with Crippen molar-refractivity contribution in [2.45, 2.75) is 19.4 Å². The quantitative estimate of drug-likeness (QED) is 0.664. The van der Waals surface area contributed by atoms with E-state index in [1.807, 2.05) is 13.1 Å². The Morgan fingerprint density at radius 3 is 2.78 bits per heavy atom. The molecule has 0 atom stereocenters. The van der Waals surface area contributed by atoms with Crippen LogP contribution in [0.3, 0.4) is 0 Å². The average molecular weight is 337 g/mol. The number of hydrogen-bond acceptors (Lipinski definition) is 5. The van der Waals surface area contributed by atoms with Crippen LogP contribution in [0.5, 0.6) is 0 Å². The van der Waals surface area contributed by atoms with Gasteiger partial charge in [-0.1, -0.05) is 5.16 Å². The number of aromatic nitrogens is 1. The molecule has 0 unspecified atom stereocenters. The first-order chi connectivity index (χ1) is 11.3. The molecule has 2 aliphatic heterocycles. The maximum atomic E-state index is 4.90. The van der Waals surface area contributed by atoms with E-state index in [0.717, 1.165) is 56.8 Å². The smallest absolute Gasteiger partial charge is 0.193 e. The lowest BCUT2D eigenvalue weighted by molar-refractivity contribution is 0.168. The third-order valence-corrected chi connectivity index (χ3v) is 5.70. The van der Waals surface area contributed by atoms with Crippen LogP contribution in [0.1, 0.15) is 18.5 Å². The van der Waals surface area contributed by atoms with E-state index in [-0.39, 0.29) is 0 Å². The van der Waals surface area contributed by atoms with Gasteiger partial charge in [0.05, 0.1) is 5.69 Å². The zero-order chi connectivity index (χ0) is 15.9. The van der Waals surface area contributed by atoms with E-state index in [0.29, 0.717) is 0 Å². The van der Waals surface area contributed by atoms with Crippen molar-refractivity contribution in [3.8, 4) is 0 Å². The van der Waals surface area contributed by atoms with E-state index in [1.54, 1.807) is 6.26 Å². The fraction of sp³-hybridized carbons (Fsp3) is 0.750. The summed E-state index contributed by atoms with van der Waals surface area (Å²) >= 11 is 2.08. The lowest BCUT2D eigenvalue weighted by Crippen LogP contribution is -2.52. The first-order valence-electron chi connectivity index (χ1n) is 8.50. The second kappa shape index (κ2) is 8.59. The monoisotopic (exact) mass is 337 g/mol. The number of nitrogens with zero attached hydrogens (tertiary/aromatic N) is 4. The SMILES string of the molecule is CN=C(NCC1CCSCC1)N1CCN(Cc2ccon2)CC1. The first-order valence-corrected chi connectivity index (χ1v) is 9.65. The zero-order valence-corrected chi connectivity index (χ0v) is 14.7. The number of nitrogens with one attached hydrogen (secondary N) is 1. The molecule has 0 radical (unpaired) electrons. The van der Waals surface area contributed by atoms with Crippen molar-refractivity contribution in [3.63, 3.8) is 0 Å². The Balaban J connectivity index is 1.41. The van der Waals surface area contributed by atoms with Gasteiger partial charge in [0.2, 0.25) is 0 Å². The summed E-state index contributed by atoms with van der Waals surface area (Å²) in [4.78, 5) is 9.27. The van der Waals surface area contributed by atoms with Crippen LogP contribution in [0, 0.1) is 5.92 Å². The summed E-state index contributed by atoms with van der Waals surface area (Å²) in [6.45, 7) is 6.03. The van der Waals surface area contributed by atoms with Crippen molar-refractivity contribution in [1.29, 1.82) is 0 Å². The standard InChI is InChI=1S/C16H27N5OS/c1-17-16(18-12-14-3-10-23-11-4-14)21-7-5-20(6-8-21)13-15-2-9-22-19-15/h2,9,14H,3-8,10-13H2,1H3,(H,17,18). The van der Waals surface area contributed by atoms with Gasteiger partial charge in [-0.15, -0.1) is 0 Å². The van der Waals surface area contributed by atoms with Crippen molar-refractivity contribution in [1.82, 2.24) is 20.3 Å². The molecule has 1 N–H and O–H groups in total. The Bertz CT molecular complexity index is 479. The number of piperazine rings is 1. The van der Waals surface area contributed by atoms with Crippen LogP contribution in [0.25, 0.3) is 0 Å². The number of aliphatic imine (C=N–C) groups is 1. The molecule has 0 aliphatic carbocycles. The summed E-state index contributed by atoms with van der Waals surface area (Å²) in [5.41, 5.74) is 1.01. The van der Waals surface area contributed by atoms with Gasteiger partial charge >= 0.3 is 0 Å². The van der Waals surface area contributed by atoms with Gasteiger partial charge in [-0.3, -0.25) is 9.89 Å². The fourth-order valence-electron chi connectivity index (χ4n) is 3.18. The number of thioether (sulfide) groups is 1. The third kappa shape index (κ3) is 4.88. The van der Waals surface area contributed by atoms with Gasteiger partial charge in [0.25, 0.3) is 0 Å². The molecular weight excluding hydrogens is 310 g/mol. The average Bonchev–Trinajstić information content (AvgIpc) is 3.11. The summed E-state index contributed by atoms with van der Waals surface area (Å²) < 4.78 is 4.90. The van der Waals surface area contributed by atoms with Gasteiger partial charge in [-0.25, -0.2) is 0 Å².